The molecule has 3 aromatic rings. The molecular weight excluding hydrogens is 396 g/mol. The molecule has 0 aromatic heterocycles. The number of hydrogen-bond acceptors (Lipinski definition) is 4. The van der Waals surface area contributed by atoms with Gasteiger partial charge in [0.15, 0.2) is 5.78 Å². The number of carbonyl (C=O) groups excluding carboxylic acids is 1. The summed E-state index contributed by atoms with van der Waals surface area (Å²) < 4.78 is 5.85. The maximum Gasteiger partial charge on any atom is 0.205 e. The van der Waals surface area contributed by atoms with Gasteiger partial charge in [0.05, 0.1) is 5.92 Å². The molecule has 2 atom stereocenters. The third kappa shape index (κ3) is 3.48. The Labute approximate surface area is 187 Å². The monoisotopic (exact) mass is 418 g/mol. The average Bonchev–Trinajstić information content (AvgIpc) is 2.84. The molecule has 4 heteroatoms. The molecule has 1 heterocycles. The summed E-state index contributed by atoms with van der Waals surface area (Å²) in [6, 6.07) is 30.3. The second-order valence-corrected chi connectivity index (χ2v) is 8.19. The van der Waals surface area contributed by atoms with Crippen LogP contribution in [-0.4, -0.2) is 5.78 Å². The molecule has 2 aliphatic rings. The second-order valence-electron chi connectivity index (χ2n) is 8.19. The number of nitriles is 1. The predicted molar refractivity (Wildman–Crippen MR) is 123 cm³/mol. The lowest BCUT2D eigenvalue weighted by molar-refractivity contribution is -0.117. The molecule has 0 unspecified atom stereocenters. The van der Waals surface area contributed by atoms with Crippen LogP contribution < -0.4 is 5.73 Å². The minimum atomic E-state index is -0.502. The van der Waals surface area contributed by atoms with E-state index in [0.717, 1.165) is 22.3 Å². The molecule has 0 saturated carbocycles. The van der Waals surface area contributed by atoms with Gasteiger partial charge in [0, 0.05) is 18.4 Å². The van der Waals surface area contributed by atoms with Crippen molar-refractivity contribution in [1.29, 1.82) is 5.26 Å². The fourth-order valence-corrected chi connectivity index (χ4v) is 4.70. The van der Waals surface area contributed by atoms with Crippen molar-refractivity contribution in [2.45, 2.75) is 24.7 Å². The molecule has 1 aliphatic heterocycles. The average molecular weight is 418 g/mol. The maximum atomic E-state index is 13.3. The number of rotatable bonds is 3. The van der Waals surface area contributed by atoms with E-state index in [4.69, 9.17) is 10.5 Å². The van der Waals surface area contributed by atoms with Crippen molar-refractivity contribution in [3.8, 4) is 17.2 Å². The van der Waals surface area contributed by atoms with Gasteiger partial charge in [-0.05, 0) is 28.2 Å². The first-order valence-corrected chi connectivity index (χ1v) is 10.7. The smallest absolute Gasteiger partial charge is 0.205 e. The van der Waals surface area contributed by atoms with Crippen molar-refractivity contribution in [2.24, 2.45) is 5.73 Å². The Morgan fingerprint density at radius 3 is 2.09 bits per heavy atom. The summed E-state index contributed by atoms with van der Waals surface area (Å²) in [5, 5.41) is 9.83. The molecule has 0 bridgehead atoms. The summed E-state index contributed by atoms with van der Waals surface area (Å²) >= 11 is 0. The highest BCUT2D eigenvalue weighted by atomic mass is 16.5. The quantitative estimate of drug-likeness (QED) is 0.604. The molecule has 156 valence electrons. The van der Waals surface area contributed by atoms with Crippen LogP contribution in [0.5, 0.6) is 0 Å². The Hall–Kier alpha value is -4.10. The number of hydrogen-bond donors (Lipinski definition) is 1. The van der Waals surface area contributed by atoms with Gasteiger partial charge in [-0.1, -0.05) is 84.9 Å². The van der Waals surface area contributed by atoms with Crippen LogP contribution in [0, 0.1) is 11.3 Å². The summed E-state index contributed by atoms with van der Waals surface area (Å²) in [5.74, 6) is 0.226. The van der Waals surface area contributed by atoms with E-state index in [-0.39, 0.29) is 17.6 Å². The number of carbonyl (C=O) groups is 1. The van der Waals surface area contributed by atoms with E-state index in [9.17, 15) is 10.1 Å². The molecule has 1 aliphatic carbocycles. The van der Waals surface area contributed by atoms with Crippen LogP contribution in [0.1, 0.15) is 35.8 Å². The van der Waals surface area contributed by atoms with Crippen LogP contribution in [-0.2, 0) is 9.53 Å². The van der Waals surface area contributed by atoms with Crippen molar-refractivity contribution in [2.75, 3.05) is 0 Å². The second kappa shape index (κ2) is 8.20. The molecule has 0 fully saturated rings. The van der Waals surface area contributed by atoms with Crippen molar-refractivity contribution in [3.05, 3.63) is 119 Å². The van der Waals surface area contributed by atoms with Crippen molar-refractivity contribution in [1.82, 2.24) is 0 Å². The molecule has 0 spiro atoms. The zero-order chi connectivity index (χ0) is 22.1. The highest BCUT2D eigenvalue weighted by Gasteiger charge is 2.40. The summed E-state index contributed by atoms with van der Waals surface area (Å²) in [7, 11) is 0. The van der Waals surface area contributed by atoms with Crippen molar-refractivity contribution in [3.63, 3.8) is 0 Å². The standard InChI is InChI=1S/C28H22N2O2/c29-17-23-26(21-13-11-20(12-14-21)18-7-3-1-4-8-18)27-24(31)15-22(16-25(27)32-28(23)30)19-9-5-2-6-10-19/h1-14,22,26H,15-16,30H2/t22-,26-/m1/s1. The van der Waals surface area contributed by atoms with Crippen LogP contribution in [0.25, 0.3) is 11.1 Å². The fraction of sp³-hybridized carbons (Fsp3) is 0.143. The third-order valence-corrected chi connectivity index (χ3v) is 6.28. The van der Waals surface area contributed by atoms with Gasteiger partial charge in [-0.15, -0.1) is 0 Å². The van der Waals surface area contributed by atoms with Crippen molar-refractivity contribution >= 4 is 5.78 Å². The first-order valence-electron chi connectivity index (χ1n) is 10.7. The minimum Gasteiger partial charge on any atom is -0.444 e. The van der Waals surface area contributed by atoms with Crippen LogP contribution in [0.3, 0.4) is 0 Å². The number of Topliss-reactive ketones (excluding diaryl/α,β-unsaturated/α-hetero) is 1. The Morgan fingerprint density at radius 2 is 1.44 bits per heavy atom. The van der Waals surface area contributed by atoms with E-state index in [1.807, 2.05) is 72.8 Å². The molecule has 3 aromatic carbocycles. The van der Waals surface area contributed by atoms with Crippen LogP contribution >= 0.6 is 0 Å². The van der Waals surface area contributed by atoms with Gasteiger partial charge in [0.2, 0.25) is 5.88 Å². The van der Waals surface area contributed by atoms with E-state index in [0.29, 0.717) is 29.7 Å². The van der Waals surface area contributed by atoms with Gasteiger partial charge in [-0.2, -0.15) is 5.26 Å². The van der Waals surface area contributed by atoms with Crippen LogP contribution in [0.15, 0.2) is 108 Å². The minimum absolute atomic E-state index is 0.0116. The van der Waals surface area contributed by atoms with E-state index in [1.165, 1.54) is 0 Å². The SMILES string of the molecule is N#CC1=C(N)OC2=C(C(=O)C[C@@H](c3ccccc3)C2)[C@@H]1c1ccc(-c2ccccc2)cc1. The number of ether oxygens (including phenoxy) is 1. The number of benzene rings is 3. The predicted octanol–water partition coefficient (Wildman–Crippen LogP) is 5.56. The molecular formula is C28H22N2O2. The van der Waals surface area contributed by atoms with E-state index in [2.05, 4.69) is 18.2 Å². The number of nitrogens with zero attached hydrogens (tertiary/aromatic N) is 1. The van der Waals surface area contributed by atoms with Gasteiger partial charge >= 0.3 is 0 Å². The van der Waals surface area contributed by atoms with Gasteiger partial charge in [0.25, 0.3) is 0 Å². The Morgan fingerprint density at radius 1 is 0.812 bits per heavy atom. The summed E-state index contributed by atoms with van der Waals surface area (Å²) in [6.07, 6.45) is 0.979. The van der Waals surface area contributed by atoms with Crippen molar-refractivity contribution < 1.29 is 9.53 Å². The molecule has 32 heavy (non-hydrogen) atoms. The maximum absolute atomic E-state index is 13.3. The Bertz CT molecular complexity index is 1270. The van der Waals surface area contributed by atoms with Crippen LogP contribution in [0.2, 0.25) is 0 Å². The number of allylic oxidation sites excluding steroid dienone is 3. The molecule has 5 rings (SSSR count). The molecule has 2 N–H and O–H groups in total. The largest absolute Gasteiger partial charge is 0.444 e. The Balaban J connectivity index is 1.54. The van der Waals surface area contributed by atoms with Gasteiger partial charge in [0.1, 0.15) is 17.4 Å². The zero-order valence-corrected chi connectivity index (χ0v) is 17.5. The molecule has 4 nitrogen and oxygen atoms in total. The third-order valence-electron chi connectivity index (χ3n) is 6.28. The highest BCUT2D eigenvalue weighted by Crippen LogP contribution is 2.46. The van der Waals surface area contributed by atoms with Crippen LogP contribution in [0.4, 0.5) is 0 Å². The fourth-order valence-electron chi connectivity index (χ4n) is 4.70. The zero-order valence-electron chi connectivity index (χ0n) is 17.5. The molecule has 0 amide bonds. The van der Waals surface area contributed by atoms with Gasteiger partial charge in [-0.25, -0.2) is 0 Å². The lowest BCUT2D eigenvalue weighted by atomic mass is 9.73. The topological polar surface area (TPSA) is 76.1 Å². The first-order chi connectivity index (χ1) is 15.7. The number of ketones is 1. The summed E-state index contributed by atoms with van der Waals surface area (Å²) in [4.78, 5) is 13.3. The summed E-state index contributed by atoms with van der Waals surface area (Å²) in [5.41, 5.74) is 11.2. The van der Waals surface area contributed by atoms with Gasteiger partial charge in [-0.3, -0.25) is 4.79 Å². The van der Waals surface area contributed by atoms with E-state index in [1.54, 1.807) is 0 Å². The van der Waals surface area contributed by atoms with Gasteiger partial charge < -0.3 is 10.5 Å². The highest BCUT2D eigenvalue weighted by molar-refractivity contribution is 6.00. The van der Waals surface area contributed by atoms with E-state index >= 15 is 0 Å². The first kappa shape index (κ1) is 19.8. The lowest BCUT2D eigenvalue weighted by Gasteiger charge is -2.34. The molecule has 0 radical (unpaired) electrons. The lowest BCUT2D eigenvalue weighted by Crippen LogP contribution is -2.29. The normalized spacial score (nSPS) is 20.4. The van der Waals surface area contributed by atoms with E-state index < -0.39 is 5.92 Å². The molecule has 0 saturated heterocycles. The summed E-state index contributed by atoms with van der Waals surface area (Å²) in [6.45, 7) is 0. The number of nitrogens with two attached hydrogens (primary N) is 1. The Kier molecular flexibility index (Phi) is 5.09.